The highest BCUT2D eigenvalue weighted by molar-refractivity contribution is 6.23. The molecule has 0 N–H and O–H groups in total. The Kier molecular flexibility index (Phi) is 2.25. The Bertz CT molecular complexity index is 3630. The summed E-state index contributed by atoms with van der Waals surface area (Å²) in [5.41, 5.74) is -6.16. The predicted molar refractivity (Wildman–Crippen MR) is 181 cm³/mol. The molecule has 8 aromatic carbocycles. The first-order valence-electron chi connectivity index (χ1n) is 25.8. The van der Waals surface area contributed by atoms with Gasteiger partial charge < -0.3 is 0 Å². The molecule has 0 aromatic heterocycles. The molecule has 0 saturated carbocycles. The van der Waals surface area contributed by atoms with Gasteiger partial charge >= 0.3 is 0 Å². The van der Waals surface area contributed by atoms with Gasteiger partial charge in [0.25, 0.3) is 0 Å². The minimum Gasteiger partial charge on any atom is -0.0622 e. The molecule has 0 amide bonds. The fraction of sp³-hybridized carbons (Fsp3) is 0. The van der Waals surface area contributed by atoms with Gasteiger partial charge in [-0.2, -0.15) is 0 Å². The SMILES string of the molecule is [2H]c1cc(-c2c([2H])c([2H])c(-c3c4c([2H])c([2H])c([2H])c([2H])c4c(-c4c([2H])c([2H])c([2H])c5c([2H])c([2H])c([2H])c([2H])c45)c4c([2H])c([2H])c([2H])c([2H])c34)c([2H])c2-c2c([2H])c([2H])c([2H])c([2H])c2[2H])c([2H])c([2H])c1[2H]. The van der Waals surface area contributed by atoms with E-state index in [0.29, 0.717) is 0 Å². The Balaban J connectivity index is 1.79. The lowest BCUT2D eigenvalue weighted by Gasteiger charge is -2.20. The largest absolute Gasteiger partial charge is 0.0636 e. The second-order valence-electron chi connectivity index (χ2n) is 8.83. The summed E-state index contributed by atoms with van der Waals surface area (Å²) < 4.78 is 241. The van der Waals surface area contributed by atoms with Gasteiger partial charge in [0.05, 0.1) is 37.0 Å². The lowest BCUT2D eigenvalue weighted by molar-refractivity contribution is 1.58. The van der Waals surface area contributed by atoms with Crippen LogP contribution in [0.5, 0.6) is 0 Å². The lowest BCUT2D eigenvalue weighted by Crippen LogP contribution is -1.93. The van der Waals surface area contributed by atoms with Crippen molar-refractivity contribution in [3.63, 3.8) is 0 Å². The first-order valence-corrected chi connectivity index (χ1v) is 12.3. The Morgan fingerprint density at radius 2 is 0.857 bits per heavy atom. The van der Waals surface area contributed by atoms with Crippen molar-refractivity contribution in [3.8, 4) is 44.5 Å². The fourth-order valence-corrected chi connectivity index (χ4v) is 4.83. The second-order valence-corrected chi connectivity index (χ2v) is 8.83. The van der Waals surface area contributed by atoms with Gasteiger partial charge in [0.2, 0.25) is 0 Å². The van der Waals surface area contributed by atoms with Crippen molar-refractivity contribution in [2.45, 2.75) is 0 Å². The molecule has 8 aromatic rings. The summed E-state index contributed by atoms with van der Waals surface area (Å²) in [7, 11) is 0. The van der Waals surface area contributed by atoms with Crippen molar-refractivity contribution in [2.24, 2.45) is 0 Å². The third-order valence-corrected chi connectivity index (χ3v) is 6.57. The minimum absolute atomic E-state index is 0.585. The van der Waals surface area contributed by atoms with Crippen molar-refractivity contribution in [1.29, 1.82) is 0 Å². The topological polar surface area (TPSA) is 0 Å². The van der Waals surface area contributed by atoms with E-state index in [2.05, 4.69) is 0 Å². The summed E-state index contributed by atoms with van der Waals surface area (Å²) >= 11 is 0. The molecule has 0 aliphatic heterocycles. The minimum atomic E-state index is -1.10. The van der Waals surface area contributed by atoms with E-state index in [4.69, 9.17) is 26.0 Å². The summed E-state index contributed by atoms with van der Waals surface area (Å²) in [5, 5.41) is -4.38. The van der Waals surface area contributed by atoms with Crippen LogP contribution in [0.3, 0.4) is 0 Å². The van der Waals surface area contributed by atoms with E-state index in [9.17, 15) is 11.0 Å². The Morgan fingerprint density at radius 3 is 1.57 bits per heavy atom. The molecular weight excluding hydrogens is 504 g/mol. The fourth-order valence-electron chi connectivity index (χ4n) is 4.83. The highest BCUT2D eigenvalue weighted by Gasteiger charge is 2.19. The molecule has 0 bridgehead atoms. The van der Waals surface area contributed by atoms with Gasteiger partial charge in [0, 0.05) is 0 Å². The smallest absolute Gasteiger partial charge is 0.0622 e. The molecule has 0 atom stereocenters. The van der Waals surface area contributed by atoms with Crippen molar-refractivity contribution < 1.29 is 37.0 Å². The van der Waals surface area contributed by atoms with Crippen LogP contribution in [-0.4, -0.2) is 0 Å². The second kappa shape index (κ2) is 10.2. The maximum Gasteiger partial charge on any atom is 0.0636 e. The van der Waals surface area contributed by atoms with Gasteiger partial charge in [-0.05, 0) is 82.9 Å². The molecule has 0 saturated heterocycles. The average Bonchev–Trinajstić information content (AvgIpc) is 3.32. The monoisotopic (exact) mass is 559 g/mol. The number of rotatable bonds is 4. The molecule has 196 valence electrons. The summed E-state index contributed by atoms with van der Waals surface area (Å²) in [6, 6.07) is -24.9. The van der Waals surface area contributed by atoms with Crippen LogP contribution in [0, 0.1) is 0 Å². The third kappa shape index (κ3) is 4.00. The lowest BCUT2D eigenvalue weighted by atomic mass is 9.83. The van der Waals surface area contributed by atoms with Gasteiger partial charge in [-0.3, -0.25) is 0 Å². The van der Waals surface area contributed by atoms with Crippen LogP contribution in [0.1, 0.15) is 37.0 Å². The summed E-state index contributed by atoms with van der Waals surface area (Å²) in [5.74, 6) is 0. The van der Waals surface area contributed by atoms with Crippen molar-refractivity contribution in [3.05, 3.63) is 169 Å². The van der Waals surface area contributed by atoms with Crippen LogP contribution in [0.15, 0.2) is 169 Å². The maximum absolute atomic E-state index is 9.98. The van der Waals surface area contributed by atoms with E-state index in [1.165, 1.54) is 0 Å². The molecule has 0 heterocycles. The van der Waals surface area contributed by atoms with Gasteiger partial charge in [-0.25, -0.2) is 0 Å². The van der Waals surface area contributed by atoms with Crippen LogP contribution in [0.25, 0.3) is 76.8 Å². The molecule has 0 nitrogen and oxygen atoms in total. The van der Waals surface area contributed by atoms with Gasteiger partial charge in [0.15, 0.2) is 0 Å². The first-order chi connectivity index (χ1) is 32.1. The number of hydrogen-bond donors (Lipinski definition) is 0. The first kappa shape index (κ1) is 9.28. The highest BCUT2D eigenvalue weighted by atomic mass is 14.2. The quantitative estimate of drug-likeness (QED) is 0.188. The van der Waals surface area contributed by atoms with Crippen LogP contribution in [0.2, 0.25) is 0 Å². The van der Waals surface area contributed by atoms with E-state index in [1.54, 1.807) is 0 Å². The highest BCUT2D eigenvalue weighted by Crippen LogP contribution is 2.46. The summed E-state index contributed by atoms with van der Waals surface area (Å²) in [4.78, 5) is 0. The maximum atomic E-state index is 9.98. The third-order valence-electron chi connectivity index (χ3n) is 6.57. The molecule has 0 radical (unpaired) electrons. The number of fused-ring (bicyclic) bond motifs is 3. The van der Waals surface area contributed by atoms with E-state index in [1.807, 2.05) is 0 Å². The van der Waals surface area contributed by atoms with Crippen LogP contribution in [0.4, 0.5) is 0 Å². The van der Waals surface area contributed by atoms with E-state index in [0.717, 1.165) is 6.07 Å². The zero-order valence-electron chi connectivity index (χ0n) is 48.1. The standard InChI is InChI=1S/C42H28/c1-3-14-29(15-4-1)34-27-26-32(28-40(34)31-16-5-2-6-17-31)41-36-21-9-11-23-38(36)42(39-24-12-10-22-37(39)41)35-25-13-19-30-18-7-8-20-33(30)35/h1-28H/i1D,2D,3D,4D,5D,6D,7D,8D,9D,10D,11D,12D,13D,14D,16D,17D,18D,19D,20D,21D,22D,23D,24D,25D,26D,27D,28D. The Labute approximate surface area is 284 Å². The molecule has 0 aliphatic rings. The molecule has 42 heavy (non-hydrogen) atoms. The van der Waals surface area contributed by atoms with Gasteiger partial charge in [-0.1, -0.05) is 163 Å². The molecular formula is C42H28. The summed E-state index contributed by atoms with van der Waals surface area (Å²) in [6.07, 6.45) is 0. The average molecular weight is 560 g/mol. The van der Waals surface area contributed by atoms with E-state index >= 15 is 0 Å². The Morgan fingerprint density at radius 1 is 0.310 bits per heavy atom. The van der Waals surface area contributed by atoms with Gasteiger partial charge in [0.1, 0.15) is 0 Å². The van der Waals surface area contributed by atoms with Crippen LogP contribution in [-0.2, 0) is 0 Å². The van der Waals surface area contributed by atoms with E-state index in [-0.39, 0.29) is 0 Å². The molecule has 0 spiro atoms. The van der Waals surface area contributed by atoms with Gasteiger partial charge in [-0.15, -0.1) is 0 Å². The zero-order valence-corrected chi connectivity index (χ0v) is 21.1. The normalized spacial score (nSPS) is 20.3. The molecule has 8 rings (SSSR count). The van der Waals surface area contributed by atoms with Crippen molar-refractivity contribution >= 4 is 32.3 Å². The summed E-state index contributed by atoms with van der Waals surface area (Å²) in [6.45, 7) is 0. The molecule has 0 unspecified atom stereocenters. The number of benzene rings is 8. The van der Waals surface area contributed by atoms with Crippen LogP contribution >= 0.6 is 0 Å². The molecule has 0 aliphatic carbocycles. The Hall–Kier alpha value is -5.46. The van der Waals surface area contributed by atoms with Crippen molar-refractivity contribution in [1.82, 2.24) is 0 Å². The van der Waals surface area contributed by atoms with Crippen molar-refractivity contribution in [2.75, 3.05) is 0 Å². The predicted octanol–water partition coefficient (Wildman–Crippen LogP) is 11.8. The molecule has 0 fully saturated rings. The zero-order chi connectivity index (χ0) is 51.4. The van der Waals surface area contributed by atoms with Crippen LogP contribution < -0.4 is 0 Å². The molecule has 0 heteroatoms. The number of hydrogen-bond acceptors (Lipinski definition) is 0. The van der Waals surface area contributed by atoms with E-state index < -0.39 is 240 Å².